The van der Waals surface area contributed by atoms with E-state index in [1.807, 2.05) is 0 Å². The van der Waals surface area contributed by atoms with Crippen LogP contribution < -0.4 is 0 Å². The molecule has 0 aliphatic carbocycles. The zero-order valence-corrected chi connectivity index (χ0v) is 67.8. The van der Waals surface area contributed by atoms with Gasteiger partial charge in [0.05, 0.1) is 26.4 Å². The molecule has 3 N–H and O–H groups in total. The largest absolute Gasteiger partial charge is 0.472 e. The second kappa shape index (κ2) is 74.9. The van der Waals surface area contributed by atoms with Crippen molar-refractivity contribution >= 4 is 39.5 Å². The summed E-state index contributed by atoms with van der Waals surface area (Å²) in [5.74, 6) is -1.29. The number of carbonyl (C=O) groups excluding carboxylic acids is 4. The lowest BCUT2D eigenvalue weighted by Crippen LogP contribution is -2.30. The number of unbranched alkanes of at least 4 members (excludes halogenated alkanes) is 54. The molecule has 0 bridgehead atoms. The molecular weight excluding hydrogens is 1320 g/mol. The van der Waals surface area contributed by atoms with E-state index in [0.29, 0.717) is 25.7 Å². The summed E-state index contributed by atoms with van der Waals surface area (Å²) in [4.78, 5) is 73.1. The van der Waals surface area contributed by atoms with Crippen LogP contribution in [0, 0.1) is 5.92 Å². The fourth-order valence-electron chi connectivity index (χ4n) is 12.8. The van der Waals surface area contributed by atoms with E-state index in [0.717, 1.165) is 95.8 Å². The van der Waals surface area contributed by atoms with Crippen LogP contribution in [0.15, 0.2) is 0 Å². The Balaban J connectivity index is 5.25. The van der Waals surface area contributed by atoms with Crippen molar-refractivity contribution in [1.82, 2.24) is 0 Å². The summed E-state index contributed by atoms with van der Waals surface area (Å²) in [6.07, 6.45) is 66.4. The van der Waals surface area contributed by atoms with Crippen LogP contribution in [0.1, 0.15) is 439 Å². The zero-order valence-electron chi connectivity index (χ0n) is 66.1. The minimum absolute atomic E-state index is 0.109. The van der Waals surface area contributed by atoms with E-state index in [1.165, 1.54) is 263 Å². The number of esters is 4. The van der Waals surface area contributed by atoms with Crippen molar-refractivity contribution in [3.05, 3.63) is 0 Å². The van der Waals surface area contributed by atoms with Gasteiger partial charge in [-0.3, -0.25) is 37.3 Å². The second-order valence-electron chi connectivity index (χ2n) is 30.0. The Kier molecular flexibility index (Phi) is 73.5. The van der Waals surface area contributed by atoms with Crippen LogP contribution >= 0.6 is 15.6 Å². The minimum Gasteiger partial charge on any atom is -0.462 e. The molecule has 101 heavy (non-hydrogen) atoms. The van der Waals surface area contributed by atoms with Crippen molar-refractivity contribution in [2.24, 2.45) is 5.92 Å². The third-order valence-electron chi connectivity index (χ3n) is 19.3. The maximum Gasteiger partial charge on any atom is 0.472 e. The Bertz CT molecular complexity index is 1930. The van der Waals surface area contributed by atoms with Crippen LogP contribution in [0.3, 0.4) is 0 Å². The number of rotatable bonds is 82. The average molecular weight is 1480 g/mol. The summed E-state index contributed by atoms with van der Waals surface area (Å²) in [5, 5.41) is 10.7. The van der Waals surface area contributed by atoms with E-state index >= 15 is 0 Å². The highest BCUT2D eigenvalue weighted by Crippen LogP contribution is 2.45. The number of aliphatic hydroxyl groups excluding tert-OH is 1. The highest BCUT2D eigenvalue weighted by molar-refractivity contribution is 7.47. The van der Waals surface area contributed by atoms with Gasteiger partial charge in [0.15, 0.2) is 12.2 Å². The number of hydrogen-bond donors (Lipinski definition) is 3. The number of hydrogen-bond acceptors (Lipinski definition) is 15. The van der Waals surface area contributed by atoms with E-state index in [9.17, 15) is 43.2 Å². The lowest BCUT2D eigenvalue weighted by molar-refractivity contribution is -0.161. The first-order chi connectivity index (χ1) is 49.0. The van der Waals surface area contributed by atoms with Gasteiger partial charge in [0.25, 0.3) is 0 Å². The van der Waals surface area contributed by atoms with E-state index in [4.69, 9.17) is 37.0 Å². The molecule has 17 nitrogen and oxygen atoms in total. The molecule has 0 heterocycles. The normalized spacial score (nSPS) is 13.8. The van der Waals surface area contributed by atoms with Crippen LogP contribution in [0.2, 0.25) is 0 Å². The average Bonchev–Trinajstić information content (AvgIpc) is 0.948. The predicted molar refractivity (Wildman–Crippen MR) is 414 cm³/mol. The van der Waals surface area contributed by atoms with Crippen molar-refractivity contribution in [1.29, 1.82) is 0 Å². The third kappa shape index (κ3) is 76.1. The molecule has 19 heteroatoms. The molecule has 0 aliphatic rings. The maximum absolute atomic E-state index is 13.1. The molecule has 5 atom stereocenters. The summed E-state index contributed by atoms with van der Waals surface area (Å²) in [7, 11) is -9.92. The van der Waals surface area contributed by atoms with E-state index in [1.54, 1.807) is 0 Å². The predicted octanol–water partition coefficient (Wildman–Crippen LogP) is 24.8. The molecular formula is C82H160O17P2. The second-order valence-corrected chi connectivity index (χ2v) is 32.9. The molecule has 0 aromatic carbocycles. The molecule has 0 aromatic heterocycles. The van der Waals surface area contributed by atoms with Crippen LogP contribution in [-0.2, 0) is 65.4 Å². The molecule has 0 saturated heterocycles. The third-order valence-corrected chi connectivity index (χ3v) is 21.2. The van der Waals surface area contributed by atoms with Crippen LogP contribution in [0.5, 0.6) is 0 Å². The first-order valence-corrected chi connectivity index (χ1v) is 45.6. The Hall–Kier alpha value is -1.94. The van der Waals surface area contributed by atoms with E-state index in [2.05, 4.69) is 34.6 Å². The lowest BCUT2D eigenvalue weighted by atomic mass is 10.0. The highest BCUT2D eigenvalue weighted by atomic mass is 31.2. The van der Waals surface area contributed by atoms with Crippen LogP contribution in [0.4, 0.5) is 0 Å². The number of phosphoric acid groups is 2. The standard InChI is InChI=1S/C82H160O17P2/c1-6-9-12-15-18-21-24-27-31-36-41-46-51-56-61-66-80(85)93-72-78(99-82(87)68-63-58-53-48-43-38-34-30-29-33-35-39-44-49-54-59-64-75(4)5)74-97-101(90,91)95-70-76(83)69-94-100(88,89)96-73-77(71-92-79(84)65-60-55-50-45-40-26-23-20-17-14-11-8-3)98-81(86)67-62-57-52-47-42-37-32-28-25-22-19-16-13-10-7-2/h75-78,83H,6-74H2,1-5H3,(H,88,89)(H,90,91)/t76-,77+,78+/m0/s1. The molecule has 2 unspecified atom stereocenters. The summed E-state index contributed by atoms with van der Waals surface area (Å²) >= 11 is 0. The molecule has 0 spiro atoms. The zero-order chi connectivity index (χ0) is 74.1. The summed E-state index contributed by atoms with van der Waals surface area (Å²) in [6, 6.07) is 0. The Labute approximate surface area is 619 Å². The topological polar surface area (TPSA) is 237 Å². The number of carbonyl (C=O) groups is 4. The molecule has 0 radical (unpaired) electrons. The van der Waals surface area contributed by atoms with Gasteiger partial charge in [0, 0.05) is 25.7 Å². The van der Waals surface area contributed by atoms with Gasteiger partial charge in [-0.1, -0.05) is 388 Å². The van der Waals surface area contributed by atoms with Crippen molar-refractivity contribution < 1.29 is 80.2 Å². The fourth-order valence-corrected chi connectivity index (χ4v) is 14.3. The van der Waals surface area contributed by atoms with Crippen molar-refractivity contribution in [2.75, 3.05) is 39.6 Å². The lowest BCUT2D eigenvalue weighted by Gasteiger charge is -2.21. The number of ether oxygens (including phenoxy) is 4. The molecule has 0 aliphatic heterocycles. The van der Waals surface area contributed by atoms with Gasteiger partial charge in [0.1, 0.15) is 19.3 Å². The molecule has 0 aromatic rings. The van der Waals surface area contributed by atoms with Crippen LogP contribution in [-0.4, -0.2) is 96.7 Å². The van der Waals surface area contributed by atoms with Crippen molar-refractivity contribution in [3.63, 3.8) is 0 Å². The highest BCUT2D eigenvalue weighted by Gasteiger charge is 2.30. The minimum atomic E-state index is -4.96. The van der Waals surface area contributed by atoms with Crippen LogP contribution in [0.25, 0.3) is 0 Å². The monoisotopic (exact) mass is 1480 g/mol. The van der Waals surface area contributed by atoms with Gasteiger partial charge in [-0.15, -0.1) is 0 Å². The SMILES string of the molecule is CCCCCCCCCCCCCCCCCC(=O)OC[C@H](COP(=O)(O)OC[C@@H](O)COP(=O)(O)OC[C@@H](COC(=O)CCCCCCCCCCCCCC)OC(=O)CCCCCCCCCCCCCCCCC)OC(=O)CCCCCCCCCCCCCCCCCCC(C)C. The van der Waals surface area contributed by atoms with Gasteiger partial charge in [-0.05, 0) is 31.6 Å². The van der Waals surface area contributed by atoms with Crippen molar-refractivity contribution in [2.45, 2.75) is 457 Å². The van der Waals surface area contributed by atoms with Gasteiger partial charge in [-0.25, -0.2) is 9.13 Å². The smallest absolute Gasteiger partial charge is 0.462 e. The molecule has 0 rings (SSSR count). The van der Waals surface area contributed by atoms with Gasteiger partial charge < -0.3 is 33.8 Å². The first-order valence-electron chi connectivity index (χ1n) is 42.6. The molecule has 0 saturated carbocycles. The number of phosphoric ester groups is 2. The quantitative estimate of drug-likeness (QED) is 0.0222. The van der Waals surface area contributed by atoms with Gasteiger partial charge >= 0.3 is 39.5 Å². The fraction of sp³-hybridized carbons (Fsp3) is 0.951. The Morgan fingerprint density at radius 1 is 0.267 bits per heavy atom. The Morgan fingerprint density at radius 2 is 0.455 bits per heavy atom. The molecule has 600 valence electrons. The Morgan fingerprint density at radius 3 is 0.673 bits per heavy atom. The summed E-state index contributed by atoms with van der Waals surface area (Å²) in [6.45, 7) is 7.38. The number of aliphatic hydroxyl groups is 1. The van der Waals surface area contributed by atoms with Gasteiger partial charge in [0.2, 0.25) is 0 Å². The van der Waals surface area contributed by atoms with Gasteiger partial charge in [-0.2, -0.15) is 0 Å². The first kappa shape index (κ1) is 99.1. The van der Waals surface area contributed by atoms with Crippen molar-refractivity contribution in [3.8, 4) is 0 Å². The maximum atomic E-state index is 13.1. The molecule has 0 amide bonds. The van der Waals surface area contributed by atoms with E-state index < -0.39 is 97.5 Å². The van der Waals surface area contributed by atoms with E-state index in [-0.39, 0.29) is 25.7 Å². The molecule has 0 fully saturated rings. The summed E-state index contributed by atoms with van der Waals surface area (Å²) in [5.41, 5.74) is 0. The summed E-state index contributed by atoms with van der Waals surface area (Å²) < 4.78 is 68.8.